The summed E-state index contributed by atoms with van der Waals surface area (Å²) in [7, 11) is 0. The number of nitrogens with one attached hydrogen (secondary N) is 1. The van der Waals surface area contributed by atoms with Gasteiger partial charge < -0.3 is 4.98 Å². The predicted octanol–water partition coefficient (Wildman–Crippen LogP) is 4.17. The van der Waals surface area contributed by atoms with Crippen LogP contribution in [0.2, 0.25) is 0 Å². The quantitative estimate of drug-likeness (QED) is 0.333. The van der Waals surface area contributed by atoms with E-state index in [9.17, 15) is 4.79 Å². The number of hydrogen-bond donors (Lipinski definition) is 1. The molecule has 0 unspecified atom stereocenters. The Kier molecular flexibility index (Phi) is 4.28. The summed E-state index contributed by atoms with van der Waals surface area (Å²) in [6.45, 7) is 5.81. The van der Waals surface area contributed by atoms with Crippen LogP contribution in [0.3, 0.4) is 0 Å². The van der Waals surface area contributed by atoms with E-state index < -0.39 is 0 Å². The summed E-state index contributed by atoms with van der Waals surface area (Å²) in [6, 6.07) is 9.71. The minimum Gasteiger partial charge on any atom is -0.300 e. The fourth-order valence-electron chi connectivity index (χ4n) is 1.96. The lowest BCUT2D eigenvalue weighted by Crippen LogP contribution is -2.09. The lowest BCUT2D eigenvalue weighted by atomic mass is 10.3. The number of aromatic nitrogens is 3. The van der Waals surface area contributed by atoms with Crippen molar-refractivity contribution in [1.29, 1.82) is 0 Å². The number of para-hydroxylation sites is 1. The SMILES string of the molecule is C=C(C)CSc1nc2c(sc(=S)n2-c2ccccc2)c(=O)[nH]1. The maximum absolute atomic E-state index is 12.3. The molecule has 2 heterocycles. The van der Waals surface area contributed by atoms with Crippen molar-refractivity contribution in [3.05, 3.63) is 56.8 Å². The Morgan fingerprint density at radius 2 is 2.18 bits per heavy atom. The van der Waals surface area contributed by atoms with E-state index >= 15 is 0 Å². The molecule has 3 aromatic rings. The van der Waals surface area contributed by atoms with Gasteiger partial charge in [0.15, 0.2) is 14.8 Å². The van der Waals surface area contributed by atoms with Gasteiger partial charge in [-0.3, -0.25) is 9.36 Å². The molecule has 0 fully saturated rings. The summed E-state index contributed by atoms with van der Waals surface area (Å²) < 4.78 is 3.00. The second kappa shape index (κ2) is 6.20. The minimum atomic E-state index is -0.153. The number of H-pyrrole nitrogens is 1. The van der Waals surface area contributed by atoms with Crippen LogP contribution in [-0.2, 0) is 0 Å². The lowest BCUT2D eigenvalue weighted by Gasteiger charge is -2.05. The van der Waals surface area contributed by atoms with E-state index in [4.69, 9.17) is 12.2 Å². The summed E-state index contributed by atoms with van der Waals surface area (Å²) in [5.41, 5.74) is 2.39. The molecular weight excluding hydrogens is 334 g/mol. The molecule has 0 atom stereocenters. The Morgan fingerprint density at radius 3 is 2.86 bits per heavy atom. The monoisotopic (exact) mass is 347 g/mol. The van der Waals surface area contributed by atoms with Gasteiger partial charge in [-0.25, -0.2) is 4.98 Å². The molecule has 0 radical (unpaired) electrons. The standard InChI is InChI=1S/C15H13N3OS3/c1-9(2)8-21-14-16-12-11(13(19)17-14)22-15(20)18(12)10-6-4-3-5-7-10/h3-7H,1,8H2,2H3,(H,16,17,19). The van der Waals surface area contributed by atoms with Gasteiger partial charge >= 0.3 is 0 Å². The van der Waals surface area contributed by atoms with Crippen LogP contribution in [0.1, 0.15) is 6.92 Å². The first-order chi connectivity index (χ1) is 10.6. The van der Waals surface area contributed by atoms with Gasteiger partial charge in [0.05, 0.1) is 0 Å². The summed E-state index contributed by atoms with van der Waals surface area (Å²) in [5, 5.41) is 0.581. The third-order valence-corrected chi connectivity index (χ3v) is 5.36. The highest BCUT2D eigenvalue weighted by Crippen LogP contribution is 2.24. The topological polar surface area (TPSA) is 50.7 Å². The molecule has 1 N–H and O–H groups in total. The summed E-state index contributed by atoms with van der Waals surface area (Å²) in [6.07, 6.45) is 0. The zero-order valence-electron chi connectivity index (χ0n) is 11.8. The Labute approximate surface area is 140 Å². The molecule has 4 nitrogen and oxygen atoms in total. The van der Waals surface area contributed by atoms with E-state index in [1.165, 1.54) is 23.1 Å². The molecule has 0 aliphatic carbocycles. The smallest absolute Gasteiger partial charge is 0.271 e. The Balaban J connectivity index is 2.21. The van der Waals surface area contributed by atoms with Gasteiger partial charge in [0, 0.05) is 11.4 Å². The Hall–Kier alpha value is -1.70. The van der Waals surface area contributed by atoms with Crippen LogP contribution < -0.4 is 5.56 Å². The molecule has 0 spiro atoms. The molecule has 0 amide bonds. The molecule has 0 saturated carbocycles. The van der Waals surface area contributed by atoms with E-state index in [0.29, 0.717) is 25.2 Å². The van der Waals surface area contributed by atoms with Crippen LogP contribution in [0, 0.1) is 3.95 Å². The van der Waals surface area contributed by atoms with Crippen molar-refractivity contribution < 1.29 is 0 Å². The first kappa shape index (κ1) is 15.2. The molecule has 0 saturated heterocycles. The molecule has 112 valence electrons. The van der Waals surface area contributed by atoms with Gasteiger partial charge in [-0.1, -0.05) is 53.4 Å². The van der Waals surface area contributed by atoms with E-state index in [2.05, 4.69) is 16.5 Å². The fraction of sp³-hybridized carbons (Fsp3) is 0.133. The van der Waals surface area contributed by atoms with Crippen molar-refractivity contribution in [2.24, 2.45) is 0 Å². The predicted molar refractivity (Wildman–Crippen MR) is 95.9 cm³/mol. The van der Waals surface area contributed by atoms with Crippen molar-refractivity contribution in [3.8, 4) is 5.69 Å². The van der Waals surface area contributed by atoms with Crippen molar-refractivity contribution in [2.45, 2.75) is 12.1 Å². The maximum atomic E-state index is 12.3. The highest BCUT2D eigenvalue weighted by Gasteiger charge is 2.13. The van der Waals surface area contributed by atoms with Crippen LogP contribution in [0.4, 0.5) is 0 Å². The number of nitrogens with zero attached hydrogens (tertiary/aromatic N) is 2. The summed E-state index contributed by atoms with van der Waals surface area (Å²) >= 11 is 8.15. The zero-order chi connectivity index (χ0) is 15.7. The number of thiazole rings is 1. The van der Waals surface area contributed by atoms with Crippen molar-refractivity contribution >= 4 is 45.7 Å². The second-order valence-electron chi connectivity index (χ2n) is 4.81. The average molecular weight is 347 g/mol. The number of rotatable bonds is 4. The number of benzene rings is 1. The van der Waals surface area contributed by atoms with Crippen molar-refractivity contribution in [1.82, 2.24) is 14.5 Å². The van der Waals surface area contributed by atoms with Gasteiger partial charge in [0.2, 0.25) is 0 Å². The molecule has 0 aliphatic rings. The van der Waals surface area contributed by atoms with Gasteiger partial charge in [0.1, 0.15) is 4.70 Å². The number of aromatic amines is 1. The highest BCUT2D eigenvalue weighted by atomic mass is 32.2. The largest absolute Gasteiger partial charge is 0.300 e. The number of fused-ring (bicyclic) bond motifs is 1. The Morgan fingerprint density at radius 1 is 1.45 bits per heavy atom. The lowest BCUT2D eigenvalue weighted by molar-refractivity contribution is 0.944. The molecule has 3 rings (SSSR count). The van der Waals surface area contributed by atoms with Crippen LogP contribution in [-0.4, -0.2) is 20.3 Å². The third-order valence-electron chi connectivity index (χ3n) is 2.89. The van der Waals surface area contributed by atoms with Crippen LogP contribution in [0.15, 0.2) is 52.4 Å². The van der Waals surface area contributed by atoms with E-state index in [1.54, 1.807) is 0 Å². The van der Waals surface area contributed by atoms with Gasteiger partial charge in [-0.05, 0) is 31.3 Å². The van der Waals surface area contributed by atoms with Gasteiger partial charge in [-0.2, -0.15) is 0 Å². The normalized spacial score (nSPS) is 11.0. The summed E-state index contributed by atoms with van der Waals surface area (Å²) in [4.78, 5) is 19.6. The molecule has 7 heteroatoms. The third kappa shape index (κ3) is 2.92. The van der Waals surface area contributed by atoms with E-state index in [0.717, 1.165) is 11.3 Å². The molecule has 2 aromatic heterocycles. The van der Waals surface area contributed by atoms with Gasteiger partial charge in [-0.15, -0.1) is 0 Å². The molecule has 1 aromatic carbocycles. The van der Waals surface area contributed by atoms with Crippen LogP contribution in [0.25, 0.3) is 16.0 Å². The summed E-state index contributed by atoms with van der Waals surface area (Å²) in [5.74, 6) is 0.713. The van der Waals surface area contributed by atoms with Crippen molar-refractivity contribution in [3.63, 3.8) is 0 Å². The fourth-order valence-corrected chi connectivity index (χ4v) is 3.93. The minimum absolute atomic E-state index is 0.153. The zero-order valence-corrected chi connectivity index (χ0v) is 14.3. The number of thioether (sulfide) groups is 1. The number of hydrogen-bond acceptors (Lipinski definition) is 5. The molecule has 0 bridgehead atoms. The second-order valence-corrected chi connectivity index (χ2v) is 7.42. The van der Waals surface area contributed by atoms with Crippen LogP contribution >= 0.6 is 35.3 Å². The Bertz CT molecular complexity index is 954. The molecular formula is C15H13N3OS3. The first-order valence-corrected chi connectivity index (χ1v) is 8.76. The van der Waals surface area contributed by atoms with E-state index in [1.807, 2.05) is 41.8 Å². The van der Waals surface area contributed by atoms with Crippen molar-refractivity contribution in [2.75, 3.05) is 5.75 Å². The highest BCUT2D eigenvalue weighted by molar-refractivity contribution is 7.99. The molecule has 0 aliphatic heterocycles. The first-order valence-electron chi connectivity index (χ1n) is 6.55. The van der Waals surface area contributed by atoms with Gasteiger partial charge in [0.25, 0.3) is 5.56 Å². The maximum Gasteiger partial charge on any atom is 0.271 e. The average Bonchev–Trinajstić information content (AvgIpc) is 2.83. The van der Waals surface area contributed by atoms with E-state index in [-0.39, 0.29) is 5.56 Å². The molecule has 22 heavy (non-hydrogen) atoms. The van der Waals surface area contributed by atoms with Crippen LogP contribution in [0.5, 0.6) is 0 Å².